The molecular weight excluding hydrogens is 445 g/mol. The summed E-state index contributed by atoms with van der Waals surface area (Å²) in [6, 6.07) is 5.75. The topological polar surface area (TPSA) is 189 Å². The molecule has 2 rings (SSSR count). The minimum Gasteiger partial charge on any atom is -0.714 e. The van der Waals surface area contributed by atoms with Gasteiger partial charge >= 0.3 is 51.4 Å². The van der Waals surface area contributed by atoms with Crippen LogP contribution in [-0.2, 0) is 25.8 Å². The molecule has 0 radical (unpaired) electrons. The van der Waals surface area contributed by atoms with E-state index < -0.39 is 46.9 Å². The Balaban J connectivity index is 0.00000392. The van der Waals surface area contributed by atoms with Crippen molar-refractivity contribution >= 4 is 27.2 Å². The summed E-state index contributed by atoms with van der Waals surface area (Å²) in [6.07, 6.45) is -6.01. The maximum atomic E-state index is 10.7. The van der Waals surface area contributed by atoms with Crippen molar-refractivity contribution in [1.29, 1.82) is 0 Å². The van der Waals surface area contributed by atoms with Gasteiger partial charge in [0.05, 0.1) is 6.61 Å². The predicted molar refractivity (Wildman–Crippen MR) is 91.4 cm³/mol. The van der Waals surface area contributed by atoms with Crippen LogP contribution in [0.1, 0.15) is 5.56 Å². The summed E-state index contributed by atoms with van der Waals surface area (Å²) < 4.78 is 41.2. The van der Waals surface area contributed by atoms with Crippen LogP contribution < -0.4 is 51.4 Å². The second-order valence-electron chi connectivity index (χ2n) is 5.63. The Kier molecular flexibility index (Phi) is 10.8. The number of nitrogens with zero attached hydrogens (tertiary/aromatic N) is 1. The normalized spacial score (nSPS) is 28.5. The van der Waals surface area contributed by atoms with E-state index in [1.54, 1.807) is 0 Å². The van der Waals surface area contributed by atoms with Gasteiger partial charge in [-0.15, -0.1) is 0 Å². The van der Waals surface area contributed by atoms with E-state index >= 15 is 0 Å². The van der Waals surface area contributed by atoms with Crippen LogP contribution in [0.3, 0.4) is 0 Å². The van der Waals surface area contributed by atoms with Crippen molar-refractivity contribution in [2.75, 3.05) is 6.61 Å². The summed E-state index contributed by atoms with van der Waals surface area (Å²) in [5.41, 5.74) is -0.690. The third kappa shape index (κ3) is 7.79. The number of hydrogen-bond acceptors (Lipinski definition) is 12. The van der Waals surface area contributed by atoms with E-state index in [4.69, 9.17) is 4.74 Å². The van der Waals surface area contributed by atoms with Gasteiger partial charge in [0, 0.05) is 6.42 Å². The number of aliphatic hydroxyl groups is 4. The van der Waals surface area contributed by atoms with E-state index in [1.807, 2.05) is 0 Å². The fourth-order valence-corrected chi connectivity index (χ4v) is 3.60. The summed E-state index contributed by atoms with van der Waals surface area (Å²) in [6.45, 7) is -0.641. The Labute approximate surface area is 207 Å². The molecule has 14 heteroatoms. The number of benzene rings is 1. The average molecular weight is 464 g/mol. The summed E-state index contributed by atoms with van der Waals surface area (Å²) in [5.74, 6) is -0.00258. The molecule has 0 aromatic heterocycles. The van der Waals surface area contributed by atoms with E-state index in [2.05, 4.69) is 9.44 Å². The van der Waals surface area contributed by atoms with Crippen LogP contribution in [0, 0.1) is 0 Å². The summed E-state index contributed by atoms with van der Waals surface area (Å²) in [4.78, 5) is 0. The fourth-order valence-electron chi connectivity index (χ4n) is 2.27. The number of rotatable bonds is 6. The number of thioether (sulfide) groups is 1. The zero-order chi connectivity index (χ0) is 20.2. The Morgan fingerprint density at radius 1 is 1.18 bits per heavy atom. The summed E-state index contributed by atoms with van der Waals surface area (Å²) >= 11 is 0.643. The van der Waals surface area contributed by atoms with Gasteiger partial charge in [0.1, 0.15) is 40.6 Å². The van der Waals surface area contributed by atoms with Gasteiger partial charge in [-0.3, -0.25) is 4.28 Å². The molecule has 28 heavy (non-hydrogen) atoms. The van der Waals surface area contributed by atoms with E-state index in [0.717, 1.165) is 0 Å². The maximum Gasteiger partial charge on any atom is 1.00 e. The van der Waals surface area contributed by atoms with Crippen LogP contribution in [0.25, 0.3) is 0 Å². The first-order chi connectivity index (χ1) is 12.6. The van der Waals surface area contributed by atoms with Gasteiger partial charge in [0.25, 0.3) is 10.4 Å². The molecular formula is C14H18KNO10S2. The Bertz CT molecular complexity index is 758. The molecule has 1 heterocycles. The van der Waals surface area contributed by atoms with Crippen molar-refractivity contribution in [2.45, 2.75) is 36.3 Å². The van der Waals surface area contributed by atoms with E-state index in [9.17, 15) is 38.5 Å². The first-order valence-electron chi connectivity index (χ1n) is 7.57. The zero-order valence-corrected chi connectivity index (χ0v) is 19.4. The molecule has 1 aromatic rings. The molecule has 5 atom stereocenters. The predicted octanol–water partition coefficient (Wildman–Crippen LogP) is -4.74. The van der Waals surface area contributed by atoms with Gasteiger partial charge in [0.15, 0.2) is 0 Å². The van der Waals surface area contributed by atoms with Crippen molar-refractivity contribution in [3.63, 3.8) is 0 Å². The minimum atomic E-state index is -5.13. The quantitative estimate of drug-likeness (QED) is 0.0680. The van der Waals surface area contributed by atoms with E-state index in [-0.39, 0.29) is 68.6 Å². The molecule has 5 N–H and O–H groups in total. The third-order valence-corrected chi connectivity index (χ3v) is 4.99. The van der Waals surface area contributed by atoms with Crippen molar-refractivity contribution < 1.29 is 98.9 Å². The van der Waals surface area contributed by atoms with Crippen molar-refractivity contribution in [1.82, 2.24) is 0 Å². The van der Waals surface area contributed by atoms with E-state index in [1.165, 1.54) is 24.3 Å². The van der Waals surface area contributed by atoms with Gasteiger partial charge < -0.3 is 34.8 Å². The van der Waals surface area contributed by atoms with E-state index in [0.29, 0.717) is 17.3 Å². The zero-order valence-electron chi connectivity index (χ0n) is 14.7. The molecule has 1 aromatic carbocycles. The Morgan fingerprint density at radius 3 is 2.32 bits per heavy atom. The number of ether oxygens (including phenoxy) is 1. The van der Waals surface area contributed by atoms with Gasteiger partial charge in [-0.2, -0.15) is 8.42 Å². The van der Waals surface area contributed by atoms with Crippen molar-refractivity contribution in [3.05, 3.63) is 29.8 Å². The number of aliphatic hydroxyl groups excluding tert-OH is 4. The second-order valence-corrected chi connectivity index (χ2v) is 7.76. The third-order valence-electron chi connectivity index (χ3n) is 3.62. The van der Waals surface area contributed by atoms with Crippen LogP contribution >= 0.6 is 11.8 Å². The Hall–Kier alpha value is 0.186. The molecule has 0 spiro atoms. The minimum absolute atomic E-state index is 0. The van der Waals surface area contributed by atoms with Crippen LogP contribution in [0.2, 0.25) is 0 Å². The fraction of sp³-hybridized carbons (Fsp3) is 0.500. The molecule has 1 aliphatic rings. The van der Waals surface area contributed by atoms with Crippen LogP contribution in [-0.4, -0.2) is 80.0 Å². The molecule has 1 saturated heterocycles. The first kappa shape index (κ1) is 26.2. The first-order valence-corrected chi connectivity index (χ1v) is 9.78. The molecule has 0 aliphatic carbocycles. The molecule has 1 fully saturated rings. The maximum absolute atomic E-state index is 10.7. The monoisotopic (exact) mass is 463 g/mol. The molecule has 5 unspecified atom stereocenters. The number of oxime groups is 1. The smallest absolute Gasteiger partial charge is 0.714 e. The van der Waals surface area contributed by atoms with Crippen LogP contribution in [0.4, 0.5) is 0 Å². The average Bonchev–Trinajstić information content (AvgIpc) is 2.61. The summed E-state index contributed by atoms with van der Waals surface area (Å²) in [7, 11) is -5.13. The van der Waals surface area contributed by atoms with Gasteiger partial charge in [0.2, 0.25) is 0 Å². The van der Waals surface area contributed by atoms with Crippen molar-refractivity contribution in [3.8, 4) is 5.75 Å². The molecule has 0 bridgehead atoms. The SMILES string of the molecule is O=S(=O)([O-])ON=C(Cc1ccc(O)cc1)SC1OC(CO)C(O)C(O)C1O.[K+]. The molecule has 0 saturated carbocycles. The van der Waals surface area contributed by atoms with Crippen LogP contribution in [0.5, 0.6) is 5.75 Å². The van der Waals surface area contributed by atoms with Crippen molar-refractivity contribution in [2.24, 2.45) is 5.16 Å². The summed E-state index contributed by atoms with van der Waals surface area (Å²) in [5, 5.41) is 51.3. The van der Waals surface area contributed by atoms with Gasteiger partial charge in [-0.05, 0) is 17.7 Å². The Morgan fingerprint density at radius 2 is 1.79 bits per heavy atom. The van der Waals surface area contributed by atoms with Gasteiger partial charge in [-0.1, -0.05) is 29.1 Å². The molecule has 1 aliphatic heterocycles. The second kappa shape index (κ2) is 11.5. The number of phenolic OH excluding ortho intramolecular Hbond substituents is 1. The van der Waals surface area contributed by atoms with Gasteiger partial charge in [-0.25, -0.2) is 0 Å². The number of hydrogen-bond donors (Lipinski definition) is 5. The number of phenols is 1. The van der Waals surface area contributed by atoms with Crippen LogP contribution in [0.15, 0.2) is 29.4 Å². The largest absolute Gasteiger partial charge is 1.00 e. The number of aromatic hydroxyl groups is 1. The standard InChI is InChI=1S/C14H19NO10S2.K/c16-6-9-11(18)12(19)13(20)14(24-9)26-10(15-25-27(21,22)23)5-7-1-3-8(17)4-2-7;/h1-4,9,11-14,16-20H,5-6H2,(H,21,22,23);/q;+1/p-1. The molecule has 0 amide bonds. The molecule has 152 valence electrons. The molecule has 11 nitrogen and oxygen atoms in total.